The molecule has 1 saturated heterocycles. The fourth-order valence-corrected chi connectivity index (χ4v) is 2.60. The predicted molar refractivity (Wildman–Crippen MR) is 72.5 cm³/mol. The van der Waals surface area contributed by atoms with E-state index in [9.17, 15) is 18.0 Å². The summed E-state index contributed by atoms with van der Waals surface area (Å²) >= 11 is 2.85. The molecule has 1 aliphatic rings. The SMILES string of the molecule is O=C(NC1CCCNC1)c1ccc(Br)c(C(F)(F)F)c1. The van der Waals surface area contributed by atoms with Crippen LogP contribution in [0.4, 0.5) is 13.2 Å². The summed E-state index contributed by atoms with van der Waals surface area (Å²) in [7, 11) is 0. The lowest BCUT2D eigenvalue weighted by atomic mass is 10.1. The van der Waals surface area contributed by atoms with Gasteiger partial charge in [0.2, 0.25) is 0 Å². The molecule has 1 aromatic carbocycles. The maximum absolute atomic E-state index is 12.8. The van der Waals surface area contributed by atoms with Crippen molar-refractivity contribution in [2.24, 2.45) is 0 Å². The Hall–Kier alpha value is -1.08. The van der Waals surface area contributed by atoms with Gasteiger partial charge in [-0.15, -0.1) is 0 Å². The fourth-order valence-electron chi connectivity index (χ4n) is 2.13. The van der Waals surface area contributed by atoms with Crippen LogP contribution in [-0.2, 0) is 6.18 Å². The number of carbonyl (C=O) groups is 1. The number of benzene rings is 1. The Morgan fingerprint density at radius 1 is 1.40 bits per heavy atom. The highest BCUT2D eigenvalue weighted by atomic mass is 79.9. The molecule has 0 radical (unpaired) electrons. The smallest absolute Gasteiger partial charge is 0.348 e. The van der Waals surface area contributed by atoms with Crippen molar-refractivity contribution < 1.29 is 18.0 Å². The molecule has 1 heterocycles. The number of amides is 1. The highest BCUT2D eigenvalue weighted by Crippen LogP contribution is 2.35. The first-order valence-electron chi connectivity index (χ1n) is 6.26. The summed E-state index contributed by atoms with van der Waals surface area (Å²) in [5.41, 5.74) is -0.821. The zero-order chi connectivity index (χ0) is 14.8. The van der Waals surface area contributed by atoms with Crippen LogP contribution in [-0.4, -0.2) is 25.0 Å². The normalized spacial score (nSPS) is 19.7. The molecule has 1 fully saturated rings. The number of nitrogens with one attached hydrogen (secondary N) is 2. The van der Waals surface area contributed by atoms with Crippen LogP contribution in [0.1, 0.15) is 28.8 Å². The van der Waals surface area contributed by atoms with Gasteiger partial charge < -0.3 is 10.6 Å². The Labute approximate surface area is 123 Å². The van der Waals surface area contributed by atoms with Gasteiger partial charge in [0.15, 0.2) is 0 Å². The quantitative estimate of drug-likeness (QED) is 0.860. The van der Waals surface area contributed by atoms with Gasteiger partial charge in [-0.25, -0.2) is 0 Å². The molecule has 2 rings (SSSR count). The summed E-state index contributed by atoms with van der Waals surface area (Å²) in [5.74, 6) is -0.475. The van der Waals surface area contributed by atoms with Crippen LogP contribution in [0.5, 0.6) is 0 Å². The number of hydrogen-bond donors (Lipinski definition) is 2. The molecule has 3 nitrogen and oxygen atoms in total. The first-order chi connectivity index (χ1) is 9.38. The molecule has 7 heteroatoms. The molecule has 0 aromatic heterocycles. The number of halogens is 4. The van der Waals surface area contributed by atoms with Crippen LogP contribution in [0.3, 0.4) is 0 Å². The molecule has 0 saturated carbocycles. The van der Waals surface area contributed by atoms with Crippen molar-refractivity contribution >= 4 is 21.8 Å². The molecule has 110 valence electrons. The second-order valence-electron chi connectivity index (χ2n) is 4.71. The van der Waals surface area contributed by atoms with Crippen LogP contribution < -0.4 is 10.6 Å². The lowest BCUT2D eigenvalue weighted by molar-refractivity contribution is -0.138. The summed E-state index contributed by atoms with van der Waals surface area (Å²) in [6, 6.07) is 3.46. The van der Waals surface area contributed by atoms with E-state index in [1.54, 1.807) is 0 Å². The first-order valence-corrected chi connectivity index (χ1v) is 7.05. The molecule has 1 unspecified atom stereocenters. The summed E-state index contributed by atoms with van der Waals surface area (Å²) in [6.45, 7) is 1.55. The van der Waals surface area contributed by atoms with E-state index in [1.165, 1.54) is 12.1 Å². The van der Waals surface area contributed by atoms with Gasteiger partial charge in [0.05, 0.1) is 5.56 Å². The van der Waals surface area contributed by atoms with Gasteiger partial charge in [-0.1, -0.05) is 15.9 Å². The average Bonchev–Trinajstić information content (AvgIpc) is 2.39. The van der Waals surface area contributed by atoms with Crippen molar-refractivity contribution in [1.29, 1.82) is 0 Å². The predicted octanol–water partition coefficient (Wildman–Crippen LogP) is 2.95. The monoisotopic (exact) mass is 350 g/mol. The molecule has 20 heavy (non-hydrogen) atoms. The lowest BCUT2D eigenvalue weighted by Crippen LogP contribution is -2.45. The topological polar surface area (TPSA) is 41.1 Å². The summed E-state index contributed by atoms with van der Waals surface area (Å²) in [5, 5.41) is 5.88. The Kier molecular flexibility index (Phi) is 4.70. The van der Waals surface area contributed by atoms with E-state index < -0.39 is 17.6 Å². The van der Waals surface area contributed by atoms with Crippen molar-refractivity contribution in [2.45, 2.75) is 25.1 Å². The molecule has 1 atom stereocenters. The zero-order valence-corrected chi connectivity index (χ0v) is 12.1. The highest BCUT2D eigenvalue weighted by Gasteiger charge is 2.33. The van der Waals surface area contributed by atoms with E-state index in [2.05, 4.69) is 26.6 Å². The van der Waals surface area contributed by atoms with Crippen molar-refractivity contribution in [1.82, 2.24) is 10.6 Å². The molecule has 1 aromatic rings. The van der Waals surface area contributed by atoms with Crippen molar-refractivity contribution in [3.05, 3.63) is 33.8 Å². The van der Waals surface area contributed by atoms with Crippen LogP contribution in [0.15, 0.2) is 22.7 Å². The minimum Gasteiger partial charge on any atom is -0.348 e. The fraction of sp³-hybridized carbons (Fsp3) is 0.462. The van der Waals surface area contributed by atoms with Gasteiger partial charge in [0.1, 0.15) is 0 Å². The average molecular weight is 351 g/mol. The van der Waals surface area contributed by atoms with Crippen molar-refractivity contribution in [2.75, 3.05) is 13.1 Å². The van der Waals surface area contributed by atoms with Crippen LogP contribution in [0.2, 0.25) is 0 Å². The summed E-state index contributed by atoms with van der Waals surface area (Å²) < 4.78 is 38.3. The maximum Gasteiger partial charge on any atom is 0.417 e. The van der Waals surface area contributed by atoms with E-state index in [-0.39, 0.29) is 16.1 Å². The third-order valence-corrected chi connectivity index (χ3v) is 3.86. The van der Waals surface area contributed by atoms with Crippen LogP contribution in [0.25, 0.3) is 0 Å². The number of piperidine rings is 1. The Morgan fingerprint density at radius 2 is 2.15 bits per heavy atom. The molecule has 1 amide bonds. The second-order valence-corrected chi connectivity index (χ2v) is 5.56. The van der Waals surface area contributed by atoms with E-state index in [1.807, 2.05) is 0 Å². The summed E-state index contributed by atoms with van der Waals surface area (Å²) in [4.78, 5) is 12.0. The van der Waals surface area contributed by atoms with Gasteiger partial charge in [0.25, 0.3) is 5.91 Å². The number of alkyl halides is 3. The molecule has 1 aliphatic heterocycles. The maximum atomic E-state index is 12.8. The van der Waals surface area contributed by atoms with Gasteiger partial charge in [0, 0.05) is 22.6 Å². The van der Waals surface area contributed by atoms with E-state index in [4.69, 9.17) is 0 Å². The zero-order valence-electron chi connectivity index (χ0n) is 10.6. The Morgan fingerprint density at radius 3 is 2.75 bits per heavy atom. The Bertz CT molecular complexity index is 499. The Balaban J connectivity index is 2.13. The third-order valence-electron chi connectivity index (χ3n) is 3.17. The largest absolute Gasteiger partial charge is 0.417 e. The second kappa shape index (κ2) is 6.13. The van der Waals surface area contributed by atoms with E-state index in [0.29, 0.717) is 6.54 Å². The van der Waals surface area contributed by atoms with Gasteiger partial charge in [-0.2, -0.15) is 13.2 Å². The van der Waals surface area contributed by atoms with E-state index >= 15 is 0 Å². The number of carbonyl (C=O) groups excluding carboxylic acids is 1. The van der Waals surface area contributed by atoms with Crippen molar-refractivity contribution in [3.63, 3.8) is 0 Å². The molecular formula is C13H14BrF3N2O. The molecule has 0 bridgehead atoms. The summed E-state index contributed by atoms with van der Waals surface area (Å²) in [6.07, 6.45) is -2.71. The highest BCUT2D eigenvalue weighted by molar-refractivity contribution is 9.10. The minimum absolute atomic E-state index is 0.0195. The number of rotatable bonds is 2. The molecule has 0 aliphatic carbocycles. The molecule has 2 N–H and O–H groups in total. The van der Waals surface area contributed by atoms with Gasteiger partial charge >= 0.3 is 6.18 Å². The van der Waals surface area contributed by atoms with Gasteiger partial charge in [-0.05, 0) is 37.6 Å². The van der Waals surface area contributed by atoms with Crippen LogP contribution in [0, 0.1) is 0 Å². The minimum atomic E-state index is -4.48. The number of hydrogen-bond acceptors (Lipinski definition) is 2. The van der Waals surface area contributed by atoms with E-state index in [0.717, 1.165) is 25.5 Å². The molecule has 0 spiro atoms. The van der Waals surface area contributed by atoms with Crippen molar-refractivity contribution in [3.8, 4) is 0 Å². The van der Waals surface area contributed by atoms with Crippen LogP contribution >= 0.6 is 15.9 Å². The lowest BCUT2D eigenvalue weighted by Gasteiger charge is -2.24. The third kappa shape index (κ3) is 3.73. The first kappa shape index (κ1) is 15.3. The standard InChI is InChI=1S/C13H14BrF3N2O/c14-11-4-3-8(6-10(11)13(15,16)17)12(20)19-9-2-1-5-18-7-9/h3-4,6,9,18H,1-2,5,7H2,(H,19,20). The van der Waals surface area contributed by atoms with Gasteiger partial charge in [-0.3, -0.25) is 4.79 Å². The molecular weight excluding hydrogens is 337 g/mol.